The van der Waals surface area contributed by atoms with Gasteiger partial charge in [-0.05, 0) is 37.0 Å². The summed E-state index contributed by atoms with van der Waals surface area (Å²) < 4.78 is 5.56. The number of aromatic nitrogens is 1. The summed E-state index contributed by atoms with van der Waals surface area (Å²) in [6.45, 7) is 3.57. The number of hydrogen-bond donors (Lipinski definition) is 0. The van der Waals surface area contributed by atoms with Gasteiger partial charge in [-0.2, -0.15) is 0 Å². The first-order valence-electron chi connectivity index (χ1n) is 8.35. The number of carbonyl (C=O) groups is 1. The minimum atomic E-state index is 0.308. The van der Waals surface area contributed by atoms with Crippen LogP contribution in [0.2, 0.25) is 0 Å². The van der Waals surface area contributed by atoms with Crippen molar-refractivity contribution in [3.63, 3.8) is 0 Å². The van der Waals surface area contributed by atoms with Gasteiger partial charge in [0, 0.05) is 56.6 Å². The molecule has 3 atom stereocenters. The average Bonchev–Trinajstić information content (AvgIpc) is 3.20. The minimum Gasteiger partial charge on any atom is -0.380 e. The van der Waals surface area contributed by atoms with Gasteiger partial charge in [-0.25, -0.2) is 0 Å². The lowest BCUT2D eigenvalue weighted by Gasteiger charge is -2.41. The van der Waals surface area contributed by atoms with Crippen molar-refractivity contribution in [2.75, 3.05) is 19.8 Å². The maximum Gasteiger partial charge on any atom is 0.223 e. The van der Waals surface area contributed by atoms with Gasteiger partial charge in [0.1, 0.15) is 0 Å². The molecule has 1 aromatic heterocycles. The number of rotatable bonds is 3. The highest BCUT2D eigenvalue weighted by Gasteiger charge is 2.45. The van der Waals surface area contributed by atoms with Gasteiger partial charge in [-0.1, -0.05) is 0 Å². The summed E-state index contributed by atoms with van der Waals surface area (Å²) in [6.07, 6.45) is 7.53. The number of piperidine rings is 1. The quantitative estimate of drug-likeness (QED) is 0.847. The molecule has 0 saturated carbocycles. The molecule has 0 spiro atoms. The van der Waals surface area contributed by atoms with Crippen LogP contribution in [0.15, 0.2) is 24.5 Å². The second-order valence-electron chi connectivity index (χ2n) is 6.59. The monoisotopic (exact) mass is 301 g/mol. The molecule has 5 nitrogen and oxygen atoms in total. The fourth-order valence-corrected chi connectivity index (χ4v) is 4.31. The van der Waals surface area contributed by atoms with Crippen LogP contribution in [0, 0.1) is 0 Å². The highest BCUT2D eigenvalue weighted by atomic mass is 16.5. The Morgan fingerprint density at radius 3 is 2.82 bits per heavy atom. The van der Waals surface area contributed by atoms with E-state index in [-0.39, 0.29) is 0 Å². The first kappa shape index (κ1) is 14.2. The fraction of sp³-hybridized carbons (Fsp3) is 0.647. The van der Waals surface area contributed by atoms with Crippen molar-refractivity contribution in [1.29, 1.82) is 0 Å². The third-order valence-electron chi connectivity index (χ3n) is 5.40. The molecule has 1 aromatic rings. The number of hydrogen-bond acceptors (Lipinski definition) is 4. The zero-order valence-electron chi connectivity index (χ0n) is 12.9. The second-order valence-corrected chi connectivity index (χ2v) is 6.59. The van der Waals surface area contributed by atoms with Gasteiger partial charge in [0.2, 0.25) is 5.91 Å². The van der Waals surface area contributed by atoms with E-state index in [0.717, 1.165) is 45.6 Å². The highest BCUT2D eigenvalue weighted by Crippen LogP contribution is 2.35. The summed E-state index contributed by atoms with van der Waals surface area (Å²) >= 11 is 0. The molecule has 1 amide bonds. The Kier molecular flexibility index (Phi) is 3.84. The van der Waals surface area contributed by atoms with Gasteiger partial charge in [-0.3, -0.25) is 14.7 Å². The zero-order chi connectivity index (χ0) is 14.9. The van der Waals surface area contributed by atoms with Crippen LogP contribution in [-0.2, 0) is 16.1 Å². The molecule has 3 saturated heterocycles. The first-order valence-corrected chi connectivity index (χ1v) is 8.35. The lowest BCUT2D eigenvalue weighted by Crippen LogP contribution is -2.53. The van der Waals surface area contributed by atoms with Gasteiger partial charge >= 0.3 is 0 Å². The Morgan fingerprint density at radius 2 is 2.05 bits per heavy atom. The smallest absolute Gasteiger partial charge is 0.223 e. The predicted octanol–water partition coefficient (Wildman–Crippen LogP) is 1.44. The molecular formula is C17H23N3O2. The van der Waals surface area contributed by atoms with Crippen molar-refractivity contribution in [2.24, 2.45) is 0 Å². The molecule has 0 N–H and O–H groups in total. The molecule has 3 aliphatic heterocycles. The summed E-state index contributed by atoms with van der Waals surface area (Å²) in [4.78, 5) is 21.2. The Labute approximate surface area is 131 Å². The van der Waals surface area contributed by atoms with E-state index in [1.807, 2.05) is 12.1 Å². The third-order valence-corrected chi connectivity index (χ3v) is 5.40. The Bertz CT molecular complexity index is 530. The SMILES string of the molecule is O=C1CC[C@@H]2[C@@H](CCN2C2CCOC2)N1Cc1ccncc1. The van der Waals surface area contributed by atoms with Crippen LogP contribution in [0.1, 0.15) is 31.2 Å². The van der Waals surface area contributed by atoms with Crippen LogP contribution in [-0.4, -0.2) is 58.6 Å². The largest absolute Gasteiger partial charge is 0.380 e. The molecule has 1 unspecified atom stereocenters. The van der Waals surface area contributed by atoms with E-state index >= 15 is 0 Å². The number of fused-ring (bicyclic) bond motifs is 1. The molecule has 4 rings (SSSR count). The molecule has 4 heterocycles. The first-order chi connectivity index (χ1) is 10.8. The topological polar surface area (TPSA) is 45.7 Å². The van der Waals surface area contributed by atoms with E-state index < -0.39 is 0 Å². The number of pyridine rings is 1. The molecule has 0 aliphatic carbocycles. The molecule has 5 heteroatoms. The lowest BCUT2D eigenvalue weighted by atomic mass is 9.95. The average molecular weight is 301 g/mol. The molecule has 3 fully saturated rings. The Morgan fingerprint density at radius 1 is 1.18 bits per heavy atom. The molecule has 0 bridgehead atoms. The van der Waals surface area contributed by atoms with Crippen molar-refractivity contribution in [3.8, 4) is 0 Å². The van der Waals surface area contributed by atoms with Crippen molar-refractivity contribution in [2.45, 2.75) is 50.4 Å². The van der Waals surface area contributed by atoms with Gasteiger partial charge in [-0.15, -0.1) is 0 Å². The van der Waals surface area contributed by atoms with Crippen molar-refractivity contribution < 1.29 is 9.53 Å². The van der Waals surface area contributed by atoms with E-state index in [4.69, 9.17) is 4.74 Å². The predicted molar refractivity (Wildman–Crippen MR) is 82.1 cm³/mol. The molecule has 3 aliphatic rings. The molecule has 118 valence electrons. The summed E-state index contributed by atoms with van der Waals surface area (Å²) in [5, 5.41) is 0. The van der Waals surface area contributed by atoms with Crippen LogP contribution in [0.5, 0.6) is 0 Å². The highest BCUT2D eigenvalue weighted by molar-refractivity contribution is 5.77. The van der Waals surface area contributed by atoms with Crippen LogP contribution >= 0.6 is 0 Å². The van der Waals surface area contributed by atoms with Crippen LogP contribution in [0.3, 0.4) is 0 Å². The fourth-order valence-electron chi connectivity index (χ4n) is 4.31. The van der Waals surface area contributed by atoms with Gasteiger partial charge in [0.25, 0.3) is 0 Å². The van der Waals surface area contributed by atoms with Crippen LogP contribution in [0.25, 0.3) is 0 Å². The van der Waals surface area contributed by atoms with E-state index in [2.05, 4.69) is 14.8 Å². The summed E-state index contributed by atoms with van der Waals surface area (Å²) in [5.74, 6) is 0.308. The molecular weight excluding hydrogens is 278 g/mol. The minimum absolute atomic E-state index is 0.308. The number of carbonyl (C=O) groups excluding carboxylic acids is 1. The van der Waals surface area contributed by atoms with Gasteiger partial charge in [0.15, 0.2) is 0 Å². The maximum absolute atomic E-state index is 12.4. The molecule has 22 heavy (non-hydrogen) atoms. The summed E-state index contributed by atoms with van der Waals surface area (Å²) in [6, 6.07) is 5.47. The van der Waals surface area contributed by atoms with E-state index in [9.17, 15) is 4.79 Å². The standard InChI is InChI=1S/C17H23N3O2/c21-17-2-1-15-16(5-9-19(15)14-6-10-22-12-14)20(17)11-13-3-7-18-8-4-13/h3-4,7-8,14-16H,1-2,5-6,9-12H2/t14?,15-,16-/m1/s1. The zero-order valence-corrected chi connectivity index (χ0v) is 12.9. The van der Waals surface area contributed by atoms with E-state index in [1.165, 1.54) is 5.56 Å². The van der Waals surface area contributed by atoms with Crippen molar-refractivity contribution >= 4 is 5.91 Å². The van der Waals surface area contributed by atoms with Crippen molar-refractivity contribution in [3.05, 3.63) is 30.1 Å². The van der Waals surface area contributed by atoms with E-state index in [1.54, 1.807) is 12.4 Å². The Balaban J connectivity index is 1.51. The van der Waals surface area contributed by atoms with E-state index in [0.29, 0.717) is 30.5 Å². The van der Waals surface area contributed by atoms with Crippen LogP contribution in [0.4, 0.5) is 0 Å². The van der Waals surface area contributed by atoms with Crippen LogP contribution < -0.4 is 0 Å². The summed E-state index contributed by atoms with van der Waals surface area (Å²) in [5.41, 5.74) is 1.17. The third kappa shape index (κ3) is 2.52. The number of amides is 1. The molecule has 0 aromatic carbocycles. The van der Waals surface area contributed by atoms with Gasteiger partial charge < -0.3 is 9.64 Å². The summed E-state index contributed by atoms with van der Waals surface area (Å²) in [7, 11) is 0. The second kappa shape index (κ2) is 5.97. The van der Waals surface area contributed by atoms with Gasteiger partial charge in [0.05, 0.1) is 6.61 Å². The maximum atomic E-state index is 12.4. The number of ether oxygens (including phenoxy) is 1. The van der Waals surface area contributed by atoms with Crippen molar-refractivity contribution in [1.82, 2.24) is 14.8 Å². The normalized spacial score (nSPS) is 32.5. The number of likely N-dealkylation sites (tertiary alicyclic amines) is 2. The number of nitrogens with zero attached hydrogens (tertiary/aromatic N) is 3. The Hall–Kier alpha value is -1.46. The lowest BCUT2D eigenvalue weighted by molar-refractivity contribution is -0.138. The molecule has 0 radical (unpaired) electrons.